The molecule has 0 unspecified atom stereocenters. The van der Waals surface area contributed by atoms with E-state index in [9.17, 15) is 0 Å². The largest absolute Gasteiger partial charge is 0.497 e. The fourth-order valence-corrected chi connectivity index (χ4v) is 3.54. The fraction of sp³-hybridized carbons (Fsp3) is 0.625. The number of hydrogen-bond acceptors (Lipinski definition) is 4. The highest BCUT2D eigenvalue weighted by Gasteiger charge is 2.37. The molecule has 2 aliphatic rings. The molecule has 4 nitrogen and oxygen atoms in total. The molecule has 1 saturated heterocycles. The lowest BCUT2D eigenvalue weighted by molar-refractivity contribution is 0.303. The minimum atomic E-state index is 0.328. The monoisotopic (exact) mass is 276 g/mol. The van der Waals surface area contributed by atoms with E-state index in [1.165, 1.54) is 31.4 Å². The van der Waals surface area contributed by atoms with Crippen LogP contribution in [0.15, 0.2) is 18.2 Å². The topological polar surface area (TPSA) is 33.7 Å². The normalized spacial score (nSPS) is 21.2. The van der Waals surface area contributed by atoms with Gasteiger partial charge in [-0.25, -0.2) is 0 Å². The number of piperazine rings is 1. The zero-order valence-electron chi connectivity index (χ0n) is 12.4. The van der Waals surface area contributed by atoms with Crippen LogP contribution in [-0.2, 0) is 0 Å². The van der Waals surface area contributed by atoms with Gasteiger partial charge in [-0.3, -0.25) is 0 Å². The van der Waals surface area contributed by atoms with Crippen LogP contribution in [0.4, 0.5) is 5.69 Å². The molecule has 0 amide bonds. The number of anilines is 1. The lowest BCUT2D eigenvalue weighted by Gasteiger charge is -2.42. The van der Waals surface area contributed by atoms with Gasteiger partial charge >= 0.3 is 0 Å². The second-order valence-corrected chi connectivity index (χ2v) is 5.91. The van der Waals surface area contributed by atoms with Crippen LogP contribution in [0.3, 0.4) is 0 Å². The van der Waals surface area contributed by atoms with Crippen LogP contribution in [0.25, 0.3) is 0 Å². The summed E-state index contributed by atoms with van der Waals surface area (Å²) >= 11 is 0. The van der Waals surface area contributed by atoms with Crippen LogP contribution in [0.5, 0.6) is 11.5 Å². The van der Waals surface area contributed by atoms with Gasteiger partial charge in [0.15, 0.2) is 0 Å². The highest BCUT2D eigenvalue weighted by molar-refractivity contribution is 5.56. The highest BCUT2D eigenvalue weighted by Crippen LogP contribution is 2.35. The molecule has 0 aromatic heterocycles. The molecule has 1 aromatic rings. The fourth-order valence-electron chi connectivity index (χ4n) is 3.54. The maximum Gasteiger partial charge on any atom is 0.124 e. The third kappa shape index (κ3) is 2.57. The van der Waals surface area contributed by atoms with E-state index in [4.69, 9.17) is 9.47 Å². The Morgan fingerprint density at radius 2 is 1.70 bits per heavy atom. The standard InChI is InChI=1S/C16H24N2O2/c1-19-14-9-13(10-15(11-14)20-2)18-8-7-17-16(12-18)5-3-4-6-16/h9-11,17H,3-8,12H2,1-2H3. The lowest BCUT2D eigenvalue weighted by Crippen LogP contribution is -2.59. The first-order valence-electron chi connectivity index (χ1n) is 7.48. The van der Waals surface area contributed by atoms with E-state index < -0.39 is 0 Å². The van der Waals surface area contributed by atoms with Crippen molar-refractivity contribution in [1.29, 1.82) is 0 Å². The van der Waals surface area contributed by atoms with Crippen molar-refractivity contribution >= 4 is 5.69 Å². The molecule has 4 heteroatoms. The van der Waals surface area contributed by atoms with Crippen LogP contribution in [0, 0.1) is 0 Å². The smallest absolute Gasteiger partial charge is 0.124 e. The molecule has 1 aliphatic heterocycles. The molecular weight excluding hydrogens is 252 g/mol. The van der Waals surface area contributed by atoms with Crippen molar-refractivity contribution in [2.45, 2.75) is 31.2 Å². The van der Waals surface area contributed by atoms with Gasteiger partial charge in [0.25, 0.3) is 0 Å². The van der Waals surface area contributed by atoms with Crippen LogP contribution in [0.2, 0.25) is 0 Å². The Bertz CT molecular complexity index is 447. The van der Waals surface area contributed by atoms with E-state index in [0.717, 1.165) is 31.1 Å². The van der Waals surface area contributed by atoms with Crippen LogP contribution < -0.4 is 19.7 Å². The Morgan fingerprint density at radius 3 is 2.30 bits per heavy atom. The van der Waals surface area contributed by atoms with Gasteiger partial charge in [0.1, 0.15) is 11.5 Å². The SMILES string of the molecule is COc1cc(OC)cc(N2CCNC3(CCCC3)C2)c1. The van der Waals surface area contributed by atoms with Crippen LogP contribution >= 0.6 is 0 Å². The molecule has 1 saturated carbocycles. The van der Waals surface area contributed by atoms with Gasteiger partial charge in [-0.2, -0.15) is 0 Å². The van der Waals surface area contributed by atoms with E-state index in [1.807, 2.05) is 6.07 Å². The van der Waals surface area contributed by atoms with Crippen molar-refractivity contribution in [3.8, 4) is 11.5 Å². The van der Waals surface area contributed by atoms with E-state index in [1.54, 1.807) is 14.2 Å². The van der Waals surface area contributed by atoms with Gasteiger partial charge in [-0.1, -0.05) is 12.8 Å². The third-order valence-electron chi connectivity index (χ3n) is 4.64. The van der Waals surface area contributed by atoms with Gasteiger partial charge in [0.2, 0.25) is 0 Å². The van der Waals surface area contributed by atoms with Crippen molar-refractivity contribution in [2.75, 3.05) is 38.8 Å². The van der Waals surface area contributed by atoms with Gasteiger partial charge in [0, 0.05) is 49.1 Å². The third-order valence-corrected chi connectivity index (χ3v) is 4.64. The molecular formula is C16H24N2O2. The van der Waals surface area contributed by atoms with E-state index in [-0.39, 0.29) is 0 Å². The van der Waals surface area contributed by atoms with Gasteiger partial charge in [-0.05, 0) is 12.8 Å². The Morgan fingerprint density at radius 1 is 1.05 bits per heavy atom. The Balaban J connectivity index is 1.84. The molecule has 1 spiro atoms. The molecule has 0 radical (unpaired) electrons. The van der Waals surface area contributed by atoms with Crippen LogP contribution in [-0.4, -0.2) is 39.4 Å². The second-order valence-electron chi connectivity index (χ2n) is 5.91. The molecule has 3 rings (SSSR count). The summed E-state index contributed by atoms with van der Waals surface area (Å²) in [5.74, 6) is 1.72. The molecule has 1 aliphatic carbocycles. The molecule has 110 valence electrons. The van der Waals surface area contributed by atoms with Gasteiger partial charge < -0.3 is 19.7 Å². The molecule has 2 fully saturated rings. The predicted octanol–water partition coefficient (Wildman–Crippen LogP) is 2.43. The van der Waals surface area contributed by atoms with Crippen molar-refractivity contribution in [1.82, 2.24) is 5.32 Å². The maximum absolute atomic E-state index is 5.38. The Hall–Kier alpha value is -1.42. The number of nitrogens with zero attached hydrogens (tertiary/aromatic N) is 1. The first-order valence-corrected chi connectivity index (χ1v) is 7.48. The first kappa shape index (κ1) is 13.6. The van der Waals surface area contributed by atoms with E-state index in [2.05, 4.69) is 22.3 Å². The summed E-state index contributed by atoms with van der Waals surface area (Å²) in [5.41, 5.74) is 1.53. The predicted molar refractivity (Wildman–Crippen MR) is 81.0 cm³/mol. The lowest BCUT2D eigenvalue weighted by atomic mass is 9.94. The minimum Gasteiger partial charge on any atom is -0.497 e. The summed E-state index contributed by atoms with van der Waals surface area (Å²) in [4.78, 5) is 2.47. The molecule has 0 bridgehead atoms. The summed E-state index contributed by atoms with van der Waals surface area (Å²) in [6.07, 6.45) is 5.29. The van der Waals surface area contributed by atoms with Crippen LogP contribution in [0.1, 0.15) is 25.7 Å². The molecule has 1 heterocycles. The van der Waals surface area contributed by atoms with Gasteiger partial charge in [0.05, 0.1) is 14.2 Å². The second kappa shape index (κ2) is 5.52. The number of rotatable bonds is 3. The summed E-state index contributed by atoms with van der Waals surface area (Å²) in [6.45, 7) is 3.18. The van der Waals surface area contributed by atoms with Gasteiger partial charge in [-0.15, -0.1) is 0 Å². The van der Waals surface area contributed by atoms with Crippen molar-refractivity contribution in [3.63, 3.8) is 0 Å². The summed E-state index contributed by atoms with van der Waals surface area (Å²) < 4.78 is 10.8. The van der Waals surface area contributed by atoms with Crippen molar-refractivity contribution in [2.24, 2.45) is 0 Å². The molecule has 1 aromatic carbocycles. The zero-order chi connectivity index (χ0) is 14.0. The number of ether oxygens (including phenoxy) is 2. The number of hydrogen-bond donors (Lipinski definition) is 1. The average molecular weight is 276 g/mol. The van der Waals surface area contributed by atoms with Crippen molar-refractivity contribution < 1.29 is 9.47 Å². The van der Waals surface area contributed by atoms with E-state index in [0.29, 0.717) is 5.54 Å². The van der Waals surface area contributed by atoms with E-state index >= 15 is 0 Å². The quantitative estimate of drug-likeness (QED) is 0.919. The van der Waals surface area contributed by atoms with Crippen molar-refractivity contribution in [3.05, 3.63) is 18.2 Å². The minimum absolute atomic E-state index is 0.328. The molecule has 1 N–H and O–H groups in total. The Kier molecular flexibility index (Phi) is 3.74. The first-order chi connectivity index (χ1) is 9.74. The summed E-state index contributed by atoms with van der Waals surface area (Å²) in [5, 5.41) is 3.75. The summed E-state index contributed by atoms with van der Waals surface area (Å²) in [7, 11) is 3.41. The highest BCUT2D eigenvalue weighted by atomic mass is 16.5. The maximum atomic E-state index is 5.38. The Labute approximate surface area is 121 Å². The number of methoxy groups -OCH3 is 2. The number of nitrogens with one attached hydrogen (secondary N) is 1. The number of benzene rings is 1. The molecule has 20 heavy (non-hydrogen) atoms. The average Bonchev–Trinajstić information content (AvgIpc) is 2.94. The summed E-state index contributed by atoms with van der Waals surface area (Å²) in [6, 6.07) is 6.14. The molecule has 0 atom stereocenters. The zero-order valence-corrected chi connectivity index (χ0v) is 12.4.